The third kappa shape index (κ3) is 5.99. The first-order valence-corrected chi connectivity index (χ1v) is 19.2. The van der Waals surface area contributed by atoms with Crippen LogP contribution in [0.2, 0.25) is 0 Å². The molecule has 0 unspecified atom stereocenters. The van der Waals surface area contributed by atoms with Gasteiger partial charge in [-0.05, 0) is 155 Å². The molecule has 1 nitrogen and oxygen atoms in total. The molecule has 9 aromatic rings. The van der Waals surface area contributed by atoms with Gasteiger partial charge in [0.2, 0.25) is 0 Å². The topological polar surface area (TPSA) is 3.24 Å². The van der Waals surface area contributed by atoms with Crippen LogP contribution in [0.25, 0.3) is 77.2 Å². The van der Waals surface area contributed by atoms with E-state index in [0.717, 1.165) is 17.1 Å². The van der Waals surface area contributed by atoms with Gasteiger partial charge in [-0.25, -0.2) is 0 Å². The van der Waals surface area contributed by atoms with E-state index in [-0.39, 0.29) is 5.41 Å². The van der Waals surface area contributed by atoms with Crippen molar-refractivity contribution >= 4 is 38.6 Å². The molecule has 0 aliphatic heterocycles. The molecule has 0 bridgehead atoms. The highest BCUT2D eigenvalue weighted by atomic mass is 15.1. The van der Waals surface area contributed by atoms with Gasteiger partial charge in [-0.15, -0.1) is 0 Å². The molecule has 0 radical (unpaired) electrons. The van der Waals surface area contributed by atoms with Crippen molar-refractivity contribution in [3.05, 3.63) is 200 Å². The maximum absolute atomic E-state index is 2.40. The van der Waals surface area contributed by atoms with Gasteiger partial charge in [-0.2, -0.15) is 0 Å². The highest BCUT2D eigenvalue weighted by molar-refractivity contribution is 6.12. The molecule has 0 amide bonds. The van der Waals surface area contributed by atoms with Crippen LogP contribution >= 0.6 is 0 Å². The normalized spacial score (nSPS) is 11.9. The summed E-state index contributed by atoms with van der Waals surface area (Å²) >= 11 is 0. The van der Waals surface area contributed by atoms with Gasteiger partial charge in [0, 0.05) is 17.1 Å². The monoisotopic (exact) mass is 703 g/mol. The summed E-state index contributed by atoms with van der Waals surface area (Å²) in [5, 5.41) is 5.04. The van der Waals surface area contributed by atoms with Crippen molar-refractivity contribution in [1.29, 1.82) is 0 Å². The van der Waals surface area contributed by atoms with Crippen molar-refractivity contribution in [2.24, 2.45) is 0 Å². The van der Waals surface area contributed by atoms with Crippen molar-refractivity contribution in [2.45, 2.75) is 26.2 Å². The zero-order valence-electron chi connectivity index (χ0n) is 31.4. The quantitative estimate of drug-likeness (QED) is 0.167. The van der Waals surface area contributed by atoms with Crippen molar-refractivity contribution in [1.82, 2.24) is 0 Å². The fourth-order valence-electron chi connectivity index (χ4n) is 8.25. The molecular weight excluding hydrogens is 663 g/mol. The molecule has 55 heavy (non-hydrogen) atoms. The van der Waals surface area contributed by atoms with Crippen LogP contribution in [0, 0.1) is 0 Å². The molecule has 9 aromatic carbocycles. The van der Waals surface area contributed by atoms with Gasteiger partial charge in [-0.1, -0.05) is 148 Å². The van der Waals surface area contributed by atoms with Crippen molar-refractivity contribution in [3.8, 4) is 55.6 Å². The molecule has 10 rings (SSSR count). The van der Waals surface area contributed by atoms with Gasteiger partial charge in [0.05, 0.1) is 0 Å². The van der Waals surface area contributed by atoms with E-state index in [9.17, 15) is 0 Å². The Morgan fingerprint density at radius 2 is 0.691 bits per heavy atom. The van der Waals surface area contributed by atoms with Crippen molar-refractivity contribution in [3.63, 3.8) is 0 Å². The lowest BCUT2D eigenvalue weighted by molar-refractivity contribution is 0.590. The van der Waals surface area contributed by atoms with E-state index in [1.54, 1.807) is 0 Å². The standard InChI is InChI=1S/C54H41N/c1-54(2,3)46-25-22-38(23-26-46)41-20-21-42-32-50-52(34-44(42)28-41)51-33-43-24-27-49(31-45(43)35-53(50)51)55(47-18-10-16-39(29-47)36-12-6-4-7-13-36)48-19-11-17-40(30-48)37-14-8-5-9-15-37/h4-35H,1-3H3. The Kier molecular flexibility index (Phi) is 7.78. The molecule has 1 heteroatoms. The van der Waals surface area contributed by atoms with E-state index in [1.165, 1.54) is 82.7 Å². The Bertz CT molecular complexity index is 2800. The zero-order chi connectivity index (χ0) is 37.1. The summed E-state index contributed by atoms with van der Waals surface area (Å²) in [4.78, 5) is 2.40. The first-order valence-electron chi connectivity index (χ1n) is 19.2. The molecule has 1 aliphatic rings. The van der Waals surface area contributed by atoms with Crippen LogP contribution in [0.3, 0.4) is 0 Å². The molecule has 1 aliphatic carbocycles. The van der Waals surface area contributed by atoms with E-state index in [2.05, 4.69) is 220 Å². The Balaban J connectivity index is 1.04. The minimum Gasteiger partial charge on any atom is -0.310 e. The van der Waals surface area contributed by atoms with Crippen LogP contribution in [0.5, 0.6) is 0 Å². The first-order chi connectivity index (χ1) is 26.9. The molecular formula is C54H41N. The maximum Gasteiger partial charge on any atom is 0.0468 e. The van der Waals surface area contributed by atoms with Gasteiger partial charge in [0.15, 0.2) is 0 Å². The van der Waals surface area contributed by atoms with E-state index < -0.39 is 0 Å². The van der Waals surface area contributed by atoms with Crippen LogP contribution in [0.1, 0.15) is 26.3 Å². The van der Waals surface area contributed by atoms with Crippen LogP contribution in [0.4, 0.5) is 17.1 Å². The number of nitrogens with zero attached hydrogens (tertiary/aromatic N) is 1. The molecule has 0 heterocycles. The van der Waals surface area contributed by atoms with Crippen LogP contribution in [-0.2, 0) is 5.41 Å². The second kappa shape index (κ2) is 13.0. The largest absolute Gasteiger partial charge is 0.310 e. The van der Waals surface area contributed by atoms with Gasteiger partial charge in [0.1, 0.15) is 0 Å². The third-order valence-electron chi connectivity index (χ3n) is 11.3. The highest BCUT2D eigenvalue weighted by Crippen LogP contribution is 2.51. The summed E-state index contributed by atoms with van der Waals surface area (Å²) in [6, 6.07) is 71.5. The number of hydrogen-bond donors (Lipinski definition) is 0. The minimum atomic E-state index is 0.145. The smallest absolute Gasteiger partial charge is 0.0468 e. The molecule has 0 aromatic heterocycles. The predicted octanol–water partition coefficient (Wildman–Crippen LogP) is 15.4. The van der Waals surface area contributed by atoms with Gasteiger partial charge in [-0.3, -0.25) is 0 Å². The Morgan fingerprint density at radius 3 is 1.22 bits per heavy atom. The molecule has 262 valence electrons. The highest BCUT2D eigenvalue weighted by Gasteiger charge is 2.25. The molecule has 0 saturated heterocycles. The second-order valence-corrected chi connectivity index (χ2v) is 15.9. The fourth-order valence-corrected chi connectivity index (χ4v) is 8.25. The van der Waals surface area contributed by atoms with Crippen molar-refractivity contribution < 1.29 is 0 Å². The van der Waals surface area contributed by atoms with Crippen molar-refractivity contribution in [2.75, 3.05) is 4.90 Å². The number of benzene rings is 9. The molecule has 0 atom stereocenters. The summed E-state index contributed by atoms with van der Waals surface area (Å²) in [5.41, 5.74) is 17.5. The van der Waals surface area contributed by atoms with Gasteiger partial charge < -0.3 is 4.90 Å². The molecule has 0 fully saturated rings. The Labute approximate surface area is 323 Å². The number of anilines is 3. The van der Waals surface area contributed by atoms with Gasteiger partial charge in [0.25, 0.3) is 0 Å². The SMILES string of the molecule is CC(C)(C)c1ccc(-c2ccc3cc4c(cc3c2)-c2cc3ccc(N(c5cccc(-c6ccccc6)c5)c5cccc(-c6ccccc6)c5)cc3cc2-4)cc1. The summed E-state index contributed by atoms with van der Waals surface area (Å²) in [6.45, 7) is 6.80. The van der Waals surface area contributed by atoms with Gasteiger partial charge >= 0.3 is 0 Å². The lowest BCUT2D eigenvalue weighted by Gasteiger charge is -2.28. The van der Waals surface area contributed by atoms with E-state index in [0.29, 0.717) is 0 Å². The van der Waals surface area contributed by atoms with Crippen LogP contribution < -0.4 is 4.90 Å². The summed E-state index contributed by atoms with van der Waals surface area (Å²) in [6.07, 6.45) is 0. The maximum atomic E-state index is 2.40. The fraction of sp³-hybridized carbons (Fsp3) is 0.0741. The zero-order valence-corrected chi connectivity index (χ0v) is 31.4. The molecule has 0 saturated carbocycles. The Hall–Kier alpha value is -6.70. The molecule has 0 spiro atoms. The summed E-state index contributed by atoms with van der Waals surface area (Å²) in [5.74, 6) is 0. The van der Waals surface area contributed by atoms with E-state index in [4.69, 9.17) is 0 Å². The minimum absolute atomic E-state index is 0.145. The number of hydrogen-bond acceptors (Lipinski definition) is 1. The lowest BCUT2D eigenvalue weighted by Crippen LogP contribution is -2.10. The third-order valence-corrected chi connectivity index (χ3v) is 11.3. The first kappa shape index (κ1) is 32.9. The Morgan fingerprint density at radius 1 is 0.291 bits per heavy atom. The average Bonchev–Trinajstić information content (AvgIpc) is 3.23. The van der Waals surface area contributed by atoms with Crippen LogP contribution in [-0.4, -0.2) is 0 Å². The lowest BCUT2D eigenvalue weighted by atomic mass is 9.77. The van der Waals surface area contributed by atoms with Crippen LogP contribution in [0.15, 0.2) is 194 Å². The molecule has 0 N–H and O–H groups in total. The summed E-state index contributed by atoms with van der Waals surface area (Å²) in [7, 11) is 0. The number of rotatable bonds is 6. The van der Waals surface area contributed by atoms with E-state index >= 15 is 0 Å². The van der Waals surface area contributed by atoms with E-state index in [1.807, 2.05) is 0 Å². The second-order valence-electron chi connectivity index (χ2n) is 15.9. The number of fused-ring (bicyclic) bond motifs is 6. The average molecular weight is 704 g/mol. The summed E-state index contributed by atoms with van der Waals surface area (Å²) < 4.78 is 0. The predicted molar refractivity (Wildman–Crippen MR) is 236 cm³/mol.